The number of benzene rings is 1. The first-order chi connectivity index (χ1) is 7.70. The topological polar surface area (TPSA) is 64.9 Å². The largest absolute Gasteiger partial charge is 0.339 e. The molecule has 0 bridgehead atoms. The van der Waals surface area contributed by atoms with Crippen LogP contribution < -0.4 is 5.73 Å². The van der Waals surface area contributed by atoms with E-state index in [1.165, 1.54) is 5.56 Å². The molecule has 0 spiro atoms. The van der Waals surface area contributed by atoms with Crippen LogP contribution in [0.15, 0.2) is 28.8 Å². The third-order valence-electron chi connectivity index (χ3n) is 2.49. The van der Waals surface area contributed by atoms with E-state index < -0.39 is 0 Å². The summed E-state index contributed by atoms with van der Waals surface area (Å²) in [7, 11) is 0. The van der Waals surface area contributed by atoms with Crippen molar-refractivity contribution in [2.45, 2.75) is 19.8 Å². The molecular weight excluding hydrogens is 202 g/mol. The summed E-state index contributed by atoms with van der Waals surface area (Å²) in [5, 5.41) is 3.95. The molecule has 4 heteroatoms. The van der Waals surface area contributed by atoms with Crippen LogP contribution in [0, 0.1) is 6.92 Å². The number of nitrogens with two attached hydrogens (primary N) is 1. The maximum Gasteiger partial charge on any atom is 0.231 e. The zero-order chi connectivity index (χ0) is 11.5. The summed E-state index contributed by atoms with van der Waals surface area (Å²) in [6, 6.07) is 8.01. The molecule has 1 atom stereocenters. The Hall–Kier alpha value is -1.68. The molecule has 2 N–H and O–H groups in total. The zero-order valence-electron chi connectivity index (χ0n) is 9.47. The summed E-state index contributed by atoms with van der Waals surface area (Å²) in [6.07, 6.45) is 0. The van der Waals surface area contributed by atoms with Gasteiger partial charge in [0.05, 0.1) is 0 Å². The number of hydrogen-bond acceptors (Lipinski definition) is 4. The van der Waals surface area contributed by atoms with Gasteiger partial charge in [0.2, 0.25) is 11.7 Å². The van der Waals surface area contributed by atoms with Crippen LogP contribution in [-0.2, 0) is 0 Å². The average molecular weight is 217 g/mol. The van der Waals surface area contributed by atoms with Gasteiger partial charge in [-0.15, -0.1) is 0 Å². The number of aromatic nitrogens is 2. The summed E-state index contributed by atoms with van der Waals surface area (Å²) in [5.41, 5.74) is 7.70. The fourth-order valence-corrected chi connectivity index (χ4v) is 1.44. The first-order valence-corrected chi connectivity index (χ1v) is 5.31. The zero-order valence-corrected chi connectivity index (χ0v) is 9.47. The molecule has 0 aliphatic rings. The molecule has 0 radical (unpaired) electrons. The minimum Gasteiger partial charge on any atom is -0.339 e. The normalized spacial score (nSPS) is 12.7. The van der Waals surface area contributed by atoms with Crippen LogP contribution in [-0.4, -0.2) is 16.7 Å². The fourth-order valence-electron chi connectivity index (χ4n) is 1.44. The maximum absolute atomic E-state index is 5.55. The Labute approximate surface area is 94.5 Å². The molecule has 0 saturated heterocycles. The predicted octanol–water partition coefficient (Wildman–Crippen LogP) is 2.11. The van der Waals surface area contributed by atoms with E-state index in [9.17, 15) is 0 Å². The van der Waals surface area contributed by atoms with Gasteiger partial charge in [-0.25, -0.2) is 0 Å². The molecule has 1 unspecified atom stereocenters. The van der Waals surface area contributed by atoms with Crippen molar-refractivity contribution in [1.82, 2.24) is 10.1 Å². The van der Waals surface area contributed by atoms with E-state index in [0.29, 0.717) is 18.3 Å². The van der Waals surface area contributed by atoms with Crippen LogP contribution >= 0.6 is 0 Å². The van der Waals surface area contributed by atoms with E-state index in [-0.39, 0.29) is 5.92 Å². The Morgan fingerprint density at radius 1 is 1.44 bits per heavy atom. The molecule has 0 aliphatic carbocycles. The highest BCUT2D eigenvalue weighted by Crippen LogP contribution is 2.19. The molecule has 0 saturated carbocycles. The SMILES string of the molecule is Cc1cccc(-c2noc(C(C)CN)n2)c1. The van der Waals surface area contributed by atoms with Gasteiger partial charge >= 0.3 is 0 Å². The molecule has 84 valence electrons. The Morgan fingerprint density at radius 2 is 2.25 bits per heavy atom. The Morgan fingerprint density at radius 3 is 2.94 bits per heavy atom. The highest BCUT2D eigenvalue weighted by atomic mass is 16.5. The summed E-state index contributed by atoms with van der Waals surface area (Å²) < 4.78 is 5.17. The van der Waals surface area contributed by atoms with Crippen LogP contribution in [0.25, 0.3) is 11.4 Å². The lowest BCUT2D eigenvalue weighted by Crippen LogP contribution is -2.08. The molecule has 0 fully saturated rings. The van der Waals surface area contributed by atoms with Gasteiger partial charge in [0.1, 0.15) is 0 Å². The van der Waals surface area contributed by atoms with E-state index >= 15 is 0 Å². The van der Waals surface area contributed by atoms with Crippen molar-refractivity contribution in [3.8, 4) is 11.4 Å². The Bertz CT molecular complexity index is 479. The average Bonchev–Trinajstić information content (AvgIpc) is 2.77. The van der Waals surface area contributed by atoms with E-state index in [1.807, 2.05) is 38.1 Å². The number of rotatable bonds is 3. The van der Waals surface area contributed by atoms with Crippen molar-refractivity contribution >= 4 is 0 Å². The van der Waals surface area contributed by atoms with Crippen LogP contribution in [0.4, 0.5) is 0 Å². The van der Waals surface area contributed by atoms with Crippen LogP contribution in [0.1, 0.15) is 24.3 Å². The minimum atomic E-state index is 0.103. The standard InChI is InChI=1S/C12H15N3O/c1-8-4-3-5-10(6-8)11-14-12(16-15-11)9(2)7-13/h3-6,9H,7,13H2,1-2H3. The first kappa shape index (κ1) is 10.8. The van der Waals surface area contributed by atoms with Gasteiger partial charge in [0, 0.05) is 18.0 Å². The highest BCUT2D eigenvalue weighted by molar-refractivity contribution is 5.55. The van der Waals surface area contributed by atoms with Gasteiger partial charge in [0.25, 0.3) is 0 Å². The van der Waals surface area contributed by atoms with Crippen LogP contribution in [0.5, 0.6) is 0 Å². The molecule has 1 heterocycles. The van der Waals surface area contributed by atoms with Crippen molar-refractivity contribution in [2.24, 2.45) is 5.73 Å². The highest BCUT2D eigenvalue weighted by Gasteiger charge is 2.13. The van der Waals surface area contributed by atoms with Crippen LogP contribution in [0.2, 0.25) is 0 Å². The van der Waals surface area contributed by atoms with Crippen molar-refractivity contribution in [2.75, 3.05) is 6.54 Å². The lowest BCUT2D eigenvalue weighted by Gasteiger charge is -1.99. The second-order valence-electron chi connectivity index (χ2n) is 3.96. The second kappa shape index (κ2) is 4.45. The molecule has 1 aromatic heterocycles. The van der Waals surface area contributed by atoms with Gasteiger partial charge in [-0.05, 0) is 13.0 Å². The monoisotopic (exact) mass is 217 g/mol. The molecule has 0 aliphatic heterocycles. The van der Waals surface area contributed by atoms with E-state index in [1.54, 1.807) is 0 Å². The minimum absolute atomic E-state index is 0.103. The van der Waals surface area contributed by atoms with E-state index in [0.717, 1.165) is 5.56 Å². The van der Waals surface area contributed by atoms with Gasteiger partial charge in [-0.2, -0.15) is 4.98 Å². The molecule has 16 heavy (non-hydrogen) atoms. The van der Waals surface area contributed by atoms with Crippen LogP contribution in [0.3, 0.4) is 0 Å². The summed E-state index contributed by atoms with van der Waals surface area (Å²) in [5.74, 6) is 1.32. The lowest BCUT2D eigenvalue weighted by molar-refractivity contribution is 0.361. The van der Waals surface area contributed by atoms with Gasteiger partial charge in [0.15, 0.2) is 0 Å². The molecule has 0 amide bonds. The lowest BCUT2D eigenvalue weighted by atomic mass is 10.1. The van der Waals surface area contributed by atoms with Crippen molar-refractivity contribution < 1.29 is 4.52 Å². The van der Waals surface area contributed by atoms with Gasteiger partial charge in [-0.3, -0.25) is 0 Å². The molecule has 2 rings (SSSR count). The summed E-state index contributed by atoms with van der Waals surface area (Å²) >= 11 is 0. The van der Waals surface area contributed by atoms with E-state index in [2.05, 4.69) is 10.1 Å². The third kappa shape index (κ3) is 2.12. The summed E-state index contributed by atoms with van der Waals surface area (Å²) in [6.45, 7) is 4.51. The number of hydrogen-bond donors (Lipinski definition) is 1. The molecule has 2 aromatic rings. The van der Waals surface area contributed by atoms with Crippen molar-refractivity contribution in [3.05, 3.63) is 35.7 Å². The Balaban J connectivity index is 2.31. The first-order valence-electron chi connectivity index (χ1n) is 5.31. The molecule has 4 nitrogen and oxygen atoms in total. The predicted molar refractivity (Wildman–Crippen MR) is 61.9 cm³/mol. The van der Waals surface area contributed by atoms with Crippen molar-refractivity contribution in [3.63, 3.8) is 0 Å². The third-order valence-corrected chi connectivity index (χ3v) is 2.49. The number of aryl methyl sites for hydroxylation is 1. The van der Waals surface area contributed by atoms with Gasteiger partial charge < -0.3 is 10.3 Å². The smallest absolute Gasteiger partial charge is 0.231 e. The fraction of sp³-hybridized carbons (Fsp3) is 0.333. The Kier molecular flexibility index (Phi) is 3.01. The van der Waals surface area contributed by atoms with E-state index in [4.69, 9.17) is 10.3 Å². The maximum atomic E-state index is 5.55. The number of nitrogens with zero attached hydrogens (tertiary/aromatic N) is 2. The quantitative estimate of drug-likeness (QED) is 0.855. The van der Waals surface area contributed by atoms with Crippen molar-refractivity contribution in [1.29, 1.82) is 0 Å². The summed E-state index contributed by atoms with van der Waals surface area (Å²) in [4.78, 5) is 4.33. The second-order valence-corrected chi connectivity index (χ2v) is 3.96. The molecule has 1 aromatic carbocycles. The van der Waals surface area contributed by atoms with Gasteiger partial charge in [-0.1, -0.05) is 35.8 Å². The molecular formula is C12H15N3O.